The van der Waals surface area contributed by atoms with E-state index in [1.165, 1.54) is 5.75 Å². The minimum Gasteiger partial charge on any atom is -0.293 e. The van der Waals surface area contributed by atoms with Gasteiger partial charge in [0.2, 0.25) is 0 Å². The predicted molar refractivity (Wildman–Crippen MR) is 88.1 cm³/mol. The minimum absolute atomic E-state index is 0.273. The van der Waals surface area contributed by atoms with Crippen LogP contribution in [0.3, 0.4) is 0 Å². The quantitative estimate of drug-likeness (QED) is 0.834. The first-order valence-electron chi connectivity index (χ1n) is 6.80. The lowest BCUT2D eigenvalue weighted by Crippen LogP contribution is -2.28. The van der Waals surface area contributed by atoms with Crippen LogP contribution in [0.5, 0.6) is 0 Å². The zero-order valence-electron chi connectivity index (χ0n) is 11.5. The van der Waals surface area contributed by atoms with Crippen LogP contribution in [-0.2, 0) is 6.54 Å². The highest BCUT2D eigenvalue weighted by Gasteiger charge is 2.22. The minimum atomic E-state index is 0.273. The molecule has 1 aliphatic rings. The number of nitrogens with zero attached hydrogens (tertiary/aromatic N) is 4. The van der Waals surface area contributed by atoms with Crippen molar-refractivity contribution in [1.82, 2.24) is 19.7 Å². The first-order valence-corrected chi connectivity index (χ1v) is 8.71. The molecule has 2 heterocycles. The van der Waals surface area contributed by atoms with Gasteiger partial charge in [-0.15, -0.1) is 11.8 Å². The average molecular weight is 343 g/mol. The second-order valence-corrected chi connectivity index (χ2v) is 7.01. The van der Waals surface area contributed by atoms with Crippen LogP contribution in [0.25, 0.3) is 0 Å². The summed E-state index contributed by atoms with van der Waals surface area (Å²) < 4.78 is 1.86. The fraction of sp³-hybridized carbons (Fsp3) is 0.429. The maximum absolute atomic E-state index is 6.40. The molecule has 0 amide bonds. The smallest absolute Gasteiger partial charge is 0.137 e. The van der Waals surface area contributed by atoms with Gasteiger partial charge >= 0.3 is 0 Å². The van der Waals surface area contributed by atoms with E-state index in [9.17, 15) is 0 Å². The van der Waals surface area contributed by atoms with Crippen molar-refractivity contribution in [2.45, 2.75) is 12.5 Å². The van der Waals surface area contributed by atoms with Gasteiger partial charge in [0.1, 0.15) is 12.7 Å². The van der Waals surface area contributed by atoms with Crippen LogP contribution in [0, 0.1) is 0 Å². The molecule has 0 radical (unpaired) electrons. The zero-order chi connectivity index (χ0) is 14.7. The third-order valence-electron chi connectivity index (χ3n) is 3.58. The lowest BCUT2D eigenvalue weighted by molar-refractivity contribution is 0.309. The number of halogens is 2. The SMILES string of the molecule is Clc1ccc(C(CN2CCSC2)Cn2cncn2)c(Cl)c1. The summed E-state index contributed by atoms with van der Waals surface area (Å²) >= 11 is 14.4. The highest BCUT2D eigenvalue weighted by atomic mass is 35.5. The molecule has 0 N–H and O–H groups in total. The largest absolute Gasteiger partial charge is 0.293 e. The molecule has 1 fully saturated rings. The van der Waals surface area contributed by atoms with Crippen LogP contribution in [-0.4, -0.2) is 44.4 Å². The molecule has 0 spiro atoms. The zero-order valence-corrected chi connectivity index (χ0v) is 13.8. The fourth-order valence-corrected chi connectivity index (χ4v) is 4.12. The van der Waals surface area contributed by atoms with Crippen molar-refractivity contribution >= 4 is 35.0 Å². The number of benzene rings is 1. The number of thioether (sulfide) groups is 1. The summed E-state index contributed by atoms with van der Waals surface area (Å²) in [6, 6.07) is 5.73. The van der Waals surface area contributed by atoms with Crippen LogP contribution in [0.1, 0.15) is 11.5 Å². The predicted octanol–water partition coefficient (Wildman–Crippen LogP) is 3.38. The molecule has 2 aromatic rings. The van der Waals surface area contributed by atoms with E-state index in [0.29, 0.717) is 5.02 Å². The van der Waals surface area contributed by atoms with Gasteiger partial charge in [-0.05, 0) is 17.7 Å². The summed E-state index contributed by atoms with van der Waals surface area (Å²) in [4.78, 5) is 6.47. The van der Waals surface area contributed by atoms with Crippen LogP contribution in [0.15, 0.2) is 30.9 Å². The number of hydrogen-bond donors (Lipinski definition) is 0. The van der Waals surface area contributed by atoms with E-state index in [1.807, 2.05) is 34.6 Å². The maximum atomic E-state index is 6.40. The van der Waals surface area contributed by atoms with Crippen molar-refractivity contribution < 1.29 is 0 Å². The average Bonchev–Trinajstić information content (AvgIpc) is 3.11. The van der Waals surface area contributed by atoms with Crippen molar-refractivity contribution in [2.24, 2.45) is 0 Å². The van der Waals surface area contributed by atoms with Crippen molar-refractivity contribution in [3.8, 4) is 0 Å². The second-order valence-electron chi connectivity index (χ2n) is 5.09. The molecule has 1 unspecified atom stereocenters. The van der Waals surface area contributed by atoms with E-state index in [-0.39, 0.29) is 5.92 Å². The summed E-state index contributed by atoms with van der Waals surface area (Å²) in [7, 11) is 0. The summed E-state index contributed by atoms with van der Waals surface area (Å²) in [6.07, 6.45) is 3.31. The molecule has 7 heteroatoms. The Morgan fingerprint density at radius 2 is 2.19 bits per heavy atom. The van der Waals surface area contributed by atoms with E-state index in [4.69, 9.17) is 23.2 Å². The van der Waals surface area contributed by atoms with Crippen LogP contribution < -0.4 is 0 Å². The summed E-state index contributed by atoms with van der Waals surface area (Å²) in [6.45, 7) is 2.86. The number of rotatable bonds is 5. The first-order chi connectivity index (χ1) is 10.2. The Hall–Kier alpha value is -0.750. The molecule has 0 aliphatic carbocycles. The molecule has 0 saturated carbocycles. The Morgan fingerprint density at radius 3 is 2.86 bits per heavy atom. The van der Waals surface area contributed by atoms with Gasteiger partial charge in [0.25, 0.3) is 0 Å². The Balaban J connectivity index is 1.82. The van der Waals surface area contributed by atoms with Gasteiger partial charge in [0.15, 0.2) is 0 Å². The van der Waals surface area contributed by atoms with Crippen molar-refractivity contribution in [3.05, 3.63) is 46.5 Å². The first kappa shape index (κ1) is 15.2. The lowest BCUT2D eigenvalue weighted by atomic mass is 9.98. The standard InChI is InChI=1S/C14H16Cl2N4S/c15-12-1-2-13(14(16)5-12)11(6-19-3-4-21-10-19)7-20-9-17-8-18-20/h1-2,5,8-9,11H,3-4,6-7,10H2. The van der Waals surface area contributed by atoms with E-state index >= 15 is 0 Å². The van der Waals surface area contributed by atoms with Crippen molar-refractivity contribution in [2.75, 3.05) is 24.7 Å². The molecule has 4 nitrogen and oxygen atoms in total. The summed E-state index contributed by atoms with van der Waals surface area (Å²) in [5.74, 6) is 2.55. The molecule has 0 bridgehead atoms. The molecule has 3 rings (SSSR count). The second kappa shape index (κ2) is 7.01. The van der Waals surface area contributed by atoms with E-state index < -0.39 is 0 Å². The van der Waals surface area contributed by atoms with E-state index in [1.54, 1.807) is 12.7 Å². The molecule has 21 heavy (non-hydrogen) atoms. The molecule has 1 atom stereocenters. The fourth-order valence-electron chi connectivity index (χ4n) is 2.55. The van der Waals surface area contributed by atoms with Crippen LogP contribution in [0.4, 0.5) is 0 Å². The van der Waals surface area contributed by atoms with Gasteiger partial charge in [-0.2, -0.15) is 5.10 Å². The topological polar surface area (TPSA) is 34.0 Å². The normalized spacial score (nSPS) is 17.2. The van der Waals surface area contributed by atoms with E-state index in [2.05, 4.69) is 15.0 Å². The molecule has 1 aliphatic heterocycles. The molecule has 1 aromatic heterocycles. The van der Waals surface area contributed by atoms with Gasteiger partial charge in [0, 0.05) is 40.7 Å². The summed E-state index contributed by atoms with van der Waals surface area (Å²) in [5.41, 5.74) is 1.12. The molecule has 112 valence electrons. The number of hydrogen-bond acceptors (Lipinski definition) is 4. The van der Waals surface area contributed by atoms with Crippen molar-refractivity contribution in [3.63, 3.8) is 0 Å². The van der Waals surface area contributed by atoms with Gasteiger partial charge in [0.05, 0.1) is 6.54 Å². The van der Waals surface area contributed by atoms with Gasteiger partial charge < -0.3 is 0 Å². The number of aromatic nitrogens is 3. The lowest BCUT2D eigenvalue weighted by Gasteiger charge is -2.24. The van der Waals surface area contributed by atoms with Gasteiger partial charge in [-0.3, -0.25) is 9.58 Å². The molecule has 1 saturated heterocycles. The highest BCUT2D eigenvalue weighted by Crippen LogP contribution is 2.30. The Bertz CT molecular complexity index is 585. The van der Waals surface area contributed by atoms with Gasteiger partial charge in [-0.25, -0.2) is 4.98 Å². The van der Waals surface area contributed by atoms with E-state index in [0.717, 1.165) is 36.1 Å². The monoisotopic (exact) mass is 342 g/mol. The Morgan fingerprint density at radius 1 is 1.29 bits per heavy atom. The Kier molecular flexibility index (Phi) is 5.06. The molecule has 1 aromatic carbocycles. The third kappa shape index (κ3) is 3.92. The Labute approximate surface area is 138 Å². The van der Waals surface area contributed by atoms with Crippen LogP contribution >= 0.6 is 35.0 Å². The van der Waals surface area contributed by atoms with Crippen molar-refractivity contribution in [1.29, 1.82) is 0 Å². The maximum Gasteiger partial charge on any atom is 0.137 e. The van der Waals surface area contributed by atoms with Crippen LogP contribution in [0.2, 0.25) is 10.0 Å². The molecular formula is C14H16Cl2N4S. The highest BCUT2D eigenvalue weighted by molar-refractivity contribution is 7.99. The third-order valence-corrected chi connectivity index (χ3v) is 5.16. The summed E-state index contributed by atoms with van der Waals surface area (Å²) in [5, 5.41) is 5.60. The molecular weight excluding hydrogens is 327 g/mol. The van der Waals surface area contributed by atoms with Gasteiger partial charge in [-0.1, -0.05) is 29.3 Å².